The minimum atomic E-state index is -1.58. The average Bonchev–Trinajstić information content (AvgIpc) is 3.48. The van der Waals surface area contributed by atoms with E-state index in [9.17, 15) is 24.3 Å². The lowest BCUT2D eigenvalue weighted by molar-refractivity contribution is -0.145. The van der Waals surface area contributed by atoms with Gasteiger partial charge in [0.2, 0.25) is 0 Å². The second-order valence-corrected chi connectivity index (χ2v) is 9.73. The lowest BCUT2D eigenvalue weighted by Crippen LogP contribution is -2.42. The van der Waals surface area contributed by atoms with Crippen LogP contribution in [0, 0.1) is 0 Å². The van der Waals surface area contributed by atoms with Crippen LogP contribution < -0.4 is 15.4 Å². The van der Waals surface area contributed by atoms with Gasteiger partial charge in [-0.05, 0) is 47.6 Å². The van der Waals surface area contributed by atoms with Crippen LogP contribution in [0.3, 0.4) is 0 Å². The number of rotatable bonds is 11. The summed E-state index contributed by atoms with van der Waals surface area (Å²) in [5.74, 6) is -3.52. The van der Waals surface area contributed by atoms with Gasteiger partial charge in [0, 0.05) is 19.9 Å². The third-order valence-corrected chi connectivity index (χ3v) is 7.42. The second-order valence-electron chi connectivity index (χ2n) is 7.94. The number of carbonyl (C=O) groups is 4. The van der Waals surface area contributed by atoms with Gasteiger partial charge in [0.15, 0.2) is 5.06 Å². The van der Waals surface area contributed by atoms with Crippen molar-refractivity contribution >= 4 is 46.6 Å². The molecule has 0 radical (unpaired) electrons. The van der Waals surface area contributed by atoms with Gasteiger partial charge < -0.3 is 30.3 Å². The summed E-state index contributed by atoms with van der Waals surface area (Å²) in [4.78, 5) is 53.0. The molecular weight excluding hydrogens is 524 g/mol. The number of aryl methyl sites for hydroxylation is 1. The van der Waals surface area contributed by atoms with E-state index in [4.69, 9.17) is 14.6 Å². The average molecular weight is 547 g/mol. The number of nitrogens with one attached hydrogen (secondary N) is 2. The molecule has 14 heteroatoms. The number of aliphatic carboxylic acids is 2. The van der Waals surface area contributed by atoms with Crippen LogP contribution in [0.25, 0.3) is 10.4 Å². The highest BCUT2D eigenvalue weighted by atomic mass is 32.1. The van der Waals surface area contributed by atoms with Crippen LogP contribution in [0.4, 0.5) is 0 Å². The molecule has 0 spiro atoms. The fourth-order valence-electron chi connectivity index (χ4n) is 3.71. The van der Waals surface area contributed by atoms with Crippen molar-refractivity contribution in [2.75, 3.05) is 20.3 Å². The van der Waals surface area contributed by atoms with E-state index in [1.165, 1.54) is 30.9 Å². The standard InChI is InChI=1S/C23H22N4O8S2/c1-34-7-6-24-20(30)14-5-3-12(10-25-14)35-23-17-13(4-2-11-9-26-37-18(11)17)19(36-23)21(31)27-15(22(32)33)8-16(28)29/h3,5,9-10,15H,2,4,6-8H2,1H3,(H,24,30)(H,27,31)(H,28,29)(H,32,33). The molecule has 37 heavy (non-hydrogen) atoms. The molecule has 0 fully saturated rings. The largest absolute Gasteiger partial charge is 0.481 e. The molecule has 1 aliphatic rings. The number of fused-ring (bicyclic) bond motifs is 3. The SMILES string of the molecule is COCCNC(=O)c1ccc(Oc2sc(C(=O)NC(CC(=O)O)C(=O)O)c3c2-c2sncc2CC3)cn1. The number of nitrogens with zero attached hydrogens (tertiary/aromatic N) is 2. The summed E-state index contributed by atoms with van der Waals surface area (Å²) in [6.07, 6.45) is 3.53. The fraction of sp³-hybridized carbons (Fsp3) is 0.304. The minimum Gasteiger partial charge on any atom is -0.481 e. The minimum absolute atomic E-state index is 0.194. The maximum absolute atomic E-state index is 13.1. The number of hydrogen-bond donors (Lipinski definition) is 4. The van der Waals surface area contributed by atoms with Gasteiger partial charge in [-0.15, -0.1) is 0 Å². The Morgan fingerprint density at radius 2 is 1.95 bits per heavy atom. The van der Waals surface area contributed by atoms with Gasteiger partial charge in [-0.3, -0.25) is 14.4 Å². The first-order valence-electron chi connectivity index (χ1n) is 11.0. The van der Waals surface area contributed by atoms with E-state index in [0.29, 0.717) is 47.9 Å². The van der Waals surface area contributed by atoms with Crippen LogP contribution in [0.15, 0.2) is 24.5 Å². The van der Waals surface area contributed by atoms with E-state index in [0.717, 1.165) is 21.8 Å². The maximum Gasteiger partial charge on any atom is 0.326 e. The van der Waals surface area contributed by atoms with E-state index in [1.807, 2.05) is 0 Å². The highest BCUT2D eigenvalue weighted by Crippen LogP contribution is 2.50. The third kappa shape index (κ3) is 5.93. The topological polar surface area (TPSA) is 177 Å². The van der Waals surface area contributed by atoms with Gasteiger partial charge in [0.1, 0.15) is 17.5 Å². The molecule has 1 aliphatic carbocycles. The van der Waals surface area contributed by atoms with Gasteiger partial charge in [-0.1, -0.05) is 11.3 Å². The molecule has 3 aromatic rings. The molecule has 0 saturated carbocycles. The number of carboxylic acids is 2. The predicted molar refractivity (Wildman–Crippen MR) is 132 cm³/mol. The number of aromatic nitrogens is 2. The van der Waals surface area contributed by atoms with Crippen molar-refractivity contribution in [1.82, 2.24) is 20.0 Å². The number of ether oxygens (including phenoxy) is 2. The van der Waals surface area contributed by atoms with Crippen LogP contribution in [0.5, 0.6) is 10.8 Å². The van der Waals surface area contributed by atoms with Crippen molar-refractivity contribution in [3.8, 4) is 21.3 Å². The highest BCUT2D eigenvalue weighted by Gasteiger charge is 2.32. The zero-order valence-corrected chi connectivity index (χ0v) is 21.1. The number of hydrogen-bond acceptors (Lipinski definition) is 10. The first-order chi connectivity index (χ1) is 17.8. The Bertz CT molecular complexity index is 1330. The van der Waals surface area contributed by atoms with Crippen molar-refractivity contribution in [3.05, 3.63) is 46.2 Å². The lowest BCUT2D eigenvalue weighted by Gasteiger charge is -2.15. The number of amides is 2. The zero-order chi connectivity index (χ0) is 26.5. The zero-order valence-electron chi connectivity index (χ0n) is 19.5. The molecule has 1 atom stereocenters. The summed E-state index contributed by atoms with van der Waals surface area (Å²) in [6, 6.07) is 1.50. The Hall–Kier alpha value is -3.88. The van der Waals surface area contributed by atoms with E-state index in [-0.39, 0.29) is 16.5 Å². The molecule has 0 saturated heterocycles. The quantitative estimate of drug-likeness (QED) is 0.261. The van der Waals surface area contributed by atoms with E-state index >= 15 is 0 Å². The lowest BCUT2D eigenvalue weighted by atomic mass is 9.93. The summed E-state index contributed by atoms with van der Waals surface area (Å²) in [7, 11) is 1.53. The monoisotopic (exact) mass is 546 g/mol. The Labute approximate surface area is 218 Å². The first-order valence-corrected chi connectivity index (χ1v) is 12.6. The number of carboxylic acid groups (broad SMARTS) is 2. The van der Waals surface area contributed by atoms with Crippen molar-refractivity contribution in [1.29, 1.82) is 0 Å². The van der Waals surface area contributed by atoms with Crippen molar-refractivity contribution < 1.29 is 38.9 Å². The number of pyridine rings is 1. The molecule has 12 nitrogen and oxygen atoms in total. The molecule has 2 amide bonds. The Balaban J connectivity index is 1.61. The van der Waals surface area contributed by atoms with Gasteiger partial charge in [0.25, 0.3) is 11.8 Å². The van der Waals surface area contributed by atoms with Crippen LogP contribution >= 0.6 is 22.9 Å². The van der Waals surface area contributed by atoms with Gasteiger partial charge in [-0.2, -0.15) is 0 Å². The van der Waals surface area contributed by atoms with Gasteiger partial charge in [-0.25, -0.2) is 14.2 Å². The van der Waals surface area contributed by atoms with Crippen LogP contribution in [-0.2, 0) is 27.2 Å². The molecule has 0 bridgehead atoms. The second kappa shape index (κ2) is 11.5. The van der Waals surface area contributed by atoms with Crippen molar-refractivity contribution in [2.24, 2.45) is 0 Å². The third-order valence-electron chi connectivity index (χ3n) is 5.45. The first kappa shape index (κ1) is 26.2. The summed E-state index contributed by atoms with van der Waals surface area (Å²) < 4.78 is 15.2. The van der Waals surface area contributed by atoms with E-state index in [2.05, 4.69) is 20.0 Å². The van der Waals surface area contributed by atoms with Crippen molar-refractivity contribution in [3.63, 3.8) is 0 Å². The van der Waals surface area contributed by atoms with E-state index < -0.39 is 30.3 Å². The van der Waals surface area contributed by atoms with E-state index in [1.54, 1.807) is 12.3 Å². The molecule has 4 rings (SSSR count). The Kier molecular flexibility index (Phi) is 8.11. The van der Waals surface area contributed by atoms with Crippen molar-refractivity contribution in [2.45, 2.75) is 25.3 Å². The summed E-state index contributed by atoms with van der Waals surface area (Å²) in [5.41, 5.74) is 2.56. The van der Waals surface area contributed by atoms with Crippen LogP contribution in [-0.4, -0.2) is 69.6 Å². The number of methoxy groups -OCH3 is 1. The Morgan fingerprint density at radius 3 is 2.62 bits per heavy atom. The number of carbonyl (C=O) groups excluding carboxylic acids is 2. The fourth-order valence-corrected chi connectivity index (χ4v) is 5.77. The molecule has 4 N–H and O–H groups in total. The number of thiophene rings is 1. The molecule has 0 aromatic carbocycles. The molecule has 194 valence electrons. The summed E-state index contributed by atoms with van der Waals surface area (Å²) >= 11 is 2.28. The maximum atomic E-state index is 13.1. The molecule has 1 unspecified atom stereocenters. The molecule has 3 heterocycles. The smallest absolute Gasteiger partial charge is 0.326 e. The Morgan fingerprint density at radius 1 is 1.14 bits per heavy atom. The molecular formula is C23H22N4O8S2. The van der Waals surface area contributed by atoms with Crippen LogP contribution in [0.2, 0.25) is 0 Å². The molecule has 0 aliphatic heterocycles. The van der Waals surface area contributed by atoms with Crippen LogP contribution in [0.1, 0.15) is 37.7 Å². The molecule has 3 aromatic heterocycles. The predicted octanol–water partition coefficient (Wildman–Crippen LogP) is 2.19. The van der Waals surface area contributed by atoms with Gasteiger partial charge in [0.05, 0.1) is 34.5 Å². The highest BCUT2D eigenvalue weighted by molar-refractivity contribution is 7.17. The summed E-state index contributed by atoms with van der Waals surface area (Å²) in [6.45, 7) is 0.712. The van der Waals surface area contributed by atoms with Gasteiger partial charge >= 0.3 is 11.9 Å². The normalized spacial score (nSPS) is 12.7. The summed E-state index contributed by atoms with van der Waals surface area (Å²) in [5, 5.41) is 23.7.